The number of carbonyl (C=O) groups excluding carboxylic acids is 2. The van der Waals surface area contributed by atoms with Gasteiger partial charge in [-0.2, -0.15) is 0 Å². The van der Waals surface area contributed by atoms with E-state index in [9.17, 15) is 24.6 Å². The first kappa shape index (κ1) is 28.8. The van der Waals surface area contributed by atoms with Crippen LogP contribution in [0, 0.1) is 45.3 Å². The Hall–Kier alpha value is -2.29. The molecule has 9 heteroatoms. The zero-order chi connectivity index (χ0) is 30.1. The van der Waals surface area contributed by atoms with Gasteiger partial charge >= 0.3 is 12.1 Å². The van der Waals surface area contributed by atoms with Gasteiger partial charge < -0.3 is 19.7 Å². The Morgan fingerprint density at radius 1 is 1.07 bits per heavy atom. The summed E-state index contributed by atoms with van der Waals surface area (Å²) in [5.74, 6) is -3.97. The number of ether oxygens (including phenoxy) is 2. The minimum absolute atomic E-state index is 0.00347. The van der Waals surface area contributed by atoms with Crippen molar-refractivity contribution in [3.63, 3.8) is 0 Å². The minimum Gasteiger partial charge on any atom is -0.478 e. The quantitative estimate of drug-likeness (QED) is 0.412. The zero-order valence-corrected chi connectivity index (χ0v) is 24.7. The number of hydrogen-bond acceptors (Lipinski definition) is 6. The van der Waals surface area contributed by atoms with Crippen LogP contribution in [0.1, 0.15) is 80.1 Å². The first-order valence-corrected chi connectivity index (χ1v) is 15.0. The lowest BCUT2D eigenvalue weighted by Gasteiger charge is -2.62. The van der Waals surface area contributed by atoms with Gasteiger partial charge in [0, 0.05) is 33.5 Å². The van der Waals surface area contributed by atoms with Crippen molar-refractivity contribution < 1.29 is 42.9 Å². The molecule has 2 N–H and O–H groups in total. The van der Waals surface area contributed by atoms with E-state index >= 15 is 8.78 Å². The van der Waals surface area contributed by atoms with Gasteiger partial charge in [-0.15, -0.1) is 0 Å². The van der Waals surface area contributed by atoms with E-state index in [1.165, 1.54) is 19.1 Å². The molecule has 2 bridgehead atoms. The summed E-state index contributed by atoms with van der Waals surface area (Å²) in [5.41, 5.74) is -7.96. The number of alkyl halides is 2. The number of carboxylic acid groups (broad SMARTS) is 1. The lowest BCUT2D eigenvalue weighted by atomic mass is 9.44. The van der Waals surface area contributed by atoms with Crippen molar-refractivity contribution >= 4 is 17.9 Å². The molecule has 7 nitrogen and oxygen atoms in total. The standard InChI is InChI=1S/C32H42F2O7/c1-16-11-19-20-13-22(33)21-12-18(35)8-10-29(21,5)31(20,34)23(36)15-30(19,6)32(16,25(37)38)41-26(39)40-24-27(2,3)17-7-9-28(24,4)14-17/h8,10,12,16-17,19-20,22-24,36H,7,9,11,13-15H2,1-6H3,(H,37,38)/t16-,17+,19+,20+,22+,23+,24+,28-,29+,30+,31+,32?/m1/s1. The zero-order valence-electron chi connectivity index (χ0n) is 24.7. The van der Waals surface area contributed by atoms with Gasteiger partial charge in [-0.1, -0.05) is 40.7 Å². The van der Waals surface area contributed by atoms with Gasteiger partial charge in [-0.3, -0.25) is 4.79 Å². The first-order chi connectivity index (χ1) is 18.9. The van der Waals surface area contributed by atoms with Crippen LogP contribution in [0.25, 0.3) is 0 Å². The Balaban J connectivity index is 1.36. The molecule has 0 aromatic rings. The lowest BCUT2D eigenvalue weighted by molar-refractivity contribution is -0.233. The van der Waals surface area contributed by atoms with Crippen molar-refractivity contribution in [2.45, 2.75) is 110 Å². The fraction of sp³-hybridized carbons (Fsp3) is 0.781. The minimum atomic E-state index is -2.35. The number of rotatable bonds is 3. The topological polar surface area (TPSA) is 110 Å². The average molecular weight is 577 g/mol. The molecular weight excluding hydrogens is 534 g/mol. The Bertz CT molecular complexity index is 1270. The van der Waals surface area contributed by atoms with Crippen LogP contribution in [0.15, 0.2) is 23.8 Å². The van der Waals surface area contributed by atoms with Crippen molar-refractivity contribution in [1.29, 1.82) is 0 Å². The monoisotopic (exact) mass is 576 g/mol. The van der Waals surface area contributed by atoms with Crippen molar-refractivity contribution in [3.05, 3.63) is 23.8 Å². The second kappa shape index (κ2) is 8.42. The van der Waals surface area contributed by atoms with E-state index in [-0.39, 0.29) is 35.7 Å². The van der Waals surface area contributed by atoms with Gasteiger partial charge in [-0.05, 0) is 75.0 Å². The molecule has 1 unspecified atom stereocenters. The van der Waals surface area contributed by atoms with Gasteiger partial charge in [0.2, 0.25) is 5.60 Å². The summed E-state index contributed by atoms with van der Waals surface area (Å²) in [5, 5.41) is 22.3. The second-order valence-electron chi connectivity index (χ2n) is 15.3. The predicted molar refractivity (Wildman–Crippen MR) is 144 cm³/mol. The summed E-state index contributed by atoms with van der Waals surface area (Å²) < 4.78 is 45.1. The molecule has 0 heterocycles. The number of hydrogen-bond donors (Lipinski definition) is 2. The van der Waals surface area contributed by atoms with Crippen LogP contribution in [0.2, 0.25) is 0 Å². The van der Waals surface area contributed by atoms with E-state index in [0.717, 1.165) is 25.3 Å². The van der Waals surface area contributed by atoms with Crippen molar-refractivity contribution in [2.24, 2.45) is 45.3 Å². The molecule has 0 spiro atoms. The number of carboxylic acids is 1. The van der Waals surface area contributed by atoms with Crippen LogP contribution in [0.3, 0.4) is 0 Å². The first-order valence-electron chi connectivity index (χ1n) is 15.0. The van der Waals surface area contributed by atoms with Crippen LogP contribution in [0.5, 0.6) is 0 Å². The van der Waals surface area contributed by atoms with Gasteiger partial charge in [0.15, 0.2) is 11.5 Å². The smallest absolute Gasteiger partial charge is 0.478 e. The van der Waals surface area contributed by atoms with Crippen LogP contribution >= 0.6 is 0 Å². The number of aliphatic hydroxyl groups excluding tert-OH is 1. The highest BCUT2D eigenvalue weighted by molar-refractivity contribution is 6.01. The number of aliphatic hydroxyl groups is 1. The lowest BCUT2D eigenvalue weighted by Crippen LogP contribution is -2.71. The maximum atomic E-state index is 17.5. The SMILES string of the molecule is C[C@@H]1C[C@H]2[C@@H]3C[C@H](F)C4=CC(=O)C=C[C@]4(C)[C@@]3(F)[C@@H](O)C[C@]2(C)C1(OC(=O)O[C@H]1C(C)(C)[C@H]2CC[C@]1(C)C2)C(=O)O. The molecule has 0 aromatic heterocycles. The number of fused-ring (bicyclic) bond motifs is 7. The molecule has 0 aliphatic heterocycles. The molecular formula is C32H42F2O7. The fourth-order valence-electron chi connectivity index (χ4n) is 11.0. The van der Waals surface area contributed by atoms with Crippen molar-refractivity contribution in [3.8, 4) is 0 Å². The van der Waals surface area contributed by atoms with Gasteiger partial charge in [0.25, 0.3) is 0 Å². The van der Waals surface area contributed by atoms with Gasteiger partial charge in [0.1, 0.15) is 12.3 Å². The maximum absolute atomic E-state index is 17.5. The third-order valence-corrected chi connectivity index (χ3v) is 13.1. The normalized spacial score (nSPS) is 52.8. The van der Waals surface area contributed by atoms with Crippen LogP contribution in [-0.2, 0) is 19.1 Å². The second-order valence-corrected chi connectivity index (χ2v) is 15.3. The number of ketones is 1. The summed E-state index contributed by atoms with van der Waals surface area (Å²) in [6.45, 7) is 11.0. The molecule has 5 saturated carbocycles. The molecule has 0 radical (unpaired) electrons. The molecule has 0 saturated heterocycles. The highest BCUT2D eigenvalue weighted by atomic mass is 19.1. The van der Waals surface area contributed by atoms with Crippen LogP contribution in [-0.4, -0.2) is 57.8 Å². The highest BCUT2D eigenvalue weighted by Crippen LogP contribution is 2.72. The van der Waals surface area contributed by atoms with E-state index in [0.29, 0.717) is 5.92 Å². The third kappa shape index (κ3) is 3.30. The van der Waals surface area contributed by atoms with Crippen LogP contribution in [0.4, 0.5) is 13.6 Å². The largest absolute Gasteiger partial charge is 0.509 e. The van der Waals surface area contributed by atoms with E-state index in [4.69, 9.17) is 9.47 Å². The predicted octanol–water partition coefficient (Wildman–Crippen LogP) is 5.74. The summed E-state index contributed by atoms with van der Waals surface area (Å²) in [7, 11) is 0. The molecule has 41 heavy (non-hydrogen) atoms. The highest BCUT2D eigenvalue weighted by Gasteiger charge is 2.79. The molecule has 6 rings (SSSR count). The number of aliphatic carboxylic acids is 1. The van der Waals surface area contributed by atoms with E-state index < -0.39 is 76.1 Å². The van der Waals surface area contributed by atoms with E-state index in [1.807, 2.05) is 0 Å². The molecule has 226 valence electrons. The molecule has 12 atom stereocenters. The molecule has 0 aromatic carbocycles. The average Bonchev–Trinajstić information content (AvgIpc) is 3.44. The van der Waals surface area contributed by atoms with E-state index in [2.05, 4.69) is 20.8 Å². The maximum Gasteiger partial charge on any atom is 0.509 e. The van der Waals surface area contributed by atoms with Crippen molar-refractivity contribution in [1.82, 2.24) is 0 Å². The summed E-state index contributed by atoms with van der Waals surface area (Å²) in [6, 6.07) is 0. The number of halogens is 2. The Morgan fingerprint density at radius 3 is 2.37 bits per heavy atom. The fourth-order valence-corrected chi connectivity index (χ4v) is 11.0. The van der Waals surface area contributed by atoms with Gasteiger partial charge in [-0.25, -0.2) is 18.4 Å². The third-order valence-electron chi connectivity index (χ3n) is 13.1. The Kier molecular flexibility index (Phi) is 5.91. The number of allylic oxidation sites excluding steroid dienone is 4. The van der Waals surface area contributed by atoms with Crippen molar-refractivity contribution in [2.75, 3.05) is 0 Å². The molecule has 0 amide bonds. The molecule has 5 fully saturated rings. The number of carbonyl (C=O) groups is 3. The van der Waals surface area contributed by atoms with Gasteiger partial charge in [0.05, 0.1) is 6.10 Å². The summed E-state index contributed by atoms with van der Waals surface area (Å²) in [4.78, 5) is 38.8. The Morgan fingerprint density at radius 2 is 1.76 bits per heavy atom. The molecule has 6 aliphatic carbocycles. The Labute approximate surface area is 239 Å². The summed E-state index contributed by atoms with van der Waals surface area (Å²) in [6.07, 6.45) is 1.25. The molecule has 6 aliphatic rings. The summed E-state index contributed by atoms with van der Waals surface area (Å²) >= 11 is 0. The van der Waals surface area contributed by atoms with Crippen LogP contribution < -0.4 is 0 Å². The van der Waals surface area contributed by atoms with E-state index in [1.54, 1.807) is 13.8 Å².